The summed E-state index contributed by atoms with van der Waals surface area (Å²) in [5, 5.41) is 19.9. The summed E-state index contributed by atoms with van der Waals surface area (Å²) < 4.78 is 11.6. The Morgan fingerprint density at radius 1 is 1.11 bits per heavy atom. The molecule has 0 bridgehead atoms. The highest BCUT2D eigenvalue weighted by Gasteiger charge is 2.15. The van der Waals surface area contributed by atoms with E-state index in [1.54, 1.807) is 0 Å². The maximum absolute atomic E-state index is 10.2. The van der Waals surface area contributed by atoms with E-state index in [1.807, 2.05) is 62.5 Å². The minimum absolute atomic E-state index is 0.210. The number of H-pyrrole nitrogens is 1. The number of benzene rings is 2. The predicted molar refractivity (Wildman–Crippen MR) is 110 cm³/mol. The molecule has 0 fully saturated rings. The van der Waals surface area contributed by atoms with Crippen molar-refractivity contribution in [3.8, 4) is 17.2 Å². The molecule has 1 atom stereocenters. The van der Waals surface area contributed by atoms with Crippen molar-refractivity contribution in [3.63, 3.8) is 0 Å². The molecule has 7 heteroatoms. The molecule has 144 valence electrons. The molecule has 0 spiro atoms. The van der Waals surface area contributed by atoms with Crippen molar-refractivity contribution >= 4 is 22.7 Å². The molecule has 4 rings (SSSR count). The number of nitrogens with zero attached hydrogens (tertiary/aromatic N) is 2. The van der Waals surface area contributed by atoms with E-state index in [2.05, 4.69) is 15.2 Å². The molecule has 6 nitrogen and oxygen atoms in total. The number of aliphatic hydroxyl groups excluding tert-OH is 1. The van der Waals surface area contributed by atoms with E-state index >= 15 is 0 Å². The number of hydrogen-bond acceptors (Lipinski definition) is 6. The second-order valence-corrected chi connectivity index (χ2v) is 7.59. The van der Waals surface area contributed by atoms with Crippen molar-refractivity contribution in [2.45, 2.75) is 25.2 Å². The van der Waals surface area contributed by atoms with E-state index < -0.39 is 6.10 Å². The first-order valence-corrected chi connectivity index (χ1v) is 10.0. The van der Waals surface area contributed by atoms with Crippen LogP contribution in [0.4, 0.5) is 0 Å². The summed E-state index contributed by atoms with van der Waals surface area (Å²) in [6.45, 7) is 4.20. The van der Waals surface area contributed by atoms with E-state index in [1.165, 1.54) is 11.8 Å². The van der Waals surface area contributed by atoms with Crippen LogP contribution in [0.5, 0.6) is 5.75 Å². The number of rotatable bonds is 7. The number of aromatic amines is 1. The molecule has 0 saturated carbocycles. The maximum Gasteiger partial charge on any atom is 0.276 e. The molecule has 0 amide bonds. The summed E-state index contributed by atoms with van der Waals surface area (Å²) in [6.07, 6.45) is 1.22. The van der Waals surface area contributed by atoms with Gasteiger partial charge in [0.2, 0.25) is 0 Å². The second-order valence-electron chi connectivity index (χ2n) is 6.62. The number of hydrogen-bond donors (Lipinski definition) is 2. The standard InChI is InChI=1S/C21H21N3O3S/c1-13-6-5-7-14(2)19(13)26-11-15(25)12-28-21-24-23-20(27-21)17-10-22-18-9-4-3-8-16(17)18/h3-10,15,22,25H,11-12H2,1-2H3/t15-/m0/s1. The Bertz CT molecular complexity index is 1070. The van der Waals surface area contributed by atoms with Crippen LogP contribution in [0.25, 0.3) is 22.4 Å². The molecule has 4 aromatic rings. The molecule has 28 heavy (non-hydrogen) atoms. The number of aliphatic hydroxyl groups is 1. The molecule has 2 N–H and O–H groups in total. The third kappa shape index (κ3) is 3.90. The van der Waals surface area contributed by atoms with Crippen LogP contribution in [-0.4, -0.2) is 38.8 Å². The molecule has 2 aromatic carbocycles. The zero-order valence-electron chi connectivity index (χ0n) is 15.7. The lowest BCUT2D eigenvalue weighted by Gasteiger charge is -2.14. The normalized spacial score (nSPS) is 12.4. The Balaban J connectivity index is 1.35. The summed E-state index contributed by atoms with van der Waals surface area (Å²) >= 11 is 1.32. The van der Waals surface area contributed by atoms with Crippen LogP contribution in [-0.2, 0) is 0 Å². The lowest BCUT2D eigenvalue weighted by Crippen LogP contribution is -2.20. The van der Waals surface area contributed by atoms with E-state index in [-0.39, 0.29) is 6.61 Å². The summed E-state index contributed by atoms with van der Waals surface area (Å²) in [6, 6.07) is 13.9. The van der Waals surface area contributed by atoms with Crippen molar-refractivity contribution in [2.24, 2.45) is 0 Å². The SMILES string of the molecule is Cc1cccc(C)c1OC[C@H](O)CSc1nnc(-c2c[nH]c3ccccc23)o1. The van der Waals surface area contributed by atoms with Gasteiger partial charge in [0.25, 0.3) is 11.1 Å². The highest BCUT2D eigenvalue weighted by atomic mass is 32.2. The number of aromatic nitrogens is 3. The molecule has 0 unspecified atom stereocenters. The minimum atomic E-state index is -0.646. The molecule has 2 aromatic heterocycles. The van der Waals surface area contributed by atoms with Crippen LogP contribution in [0, 0.1) is 13.8 Å². The van der Waals surface area contributed by atoms with Gasteiger partial charge in [0.15, 0.2) is 0 Å². The Labute approximate surface area is 166 Å². The largest absolute Gasteiger partial charge is 0.490 e. The zero-order valence-corrected chi connectivity index (χ0v) is 16.5. The van der Waals surface area contributed by atoms with E-state index in [0.29, 0.717) is 16.9 Å². The lowest BCUT2D eigenvalue weighted by atomic mass is 10.1. The molecule has 0 aliphatic carbocycles. The van der Waals surface area contributed by atoms with E-state index in [4.69, 9.17) is 9.15 Å². The van der Waals surface area contributed by atoms with Crippen LogP contribution in [0.3, 0.4) is 0 Å². The van der Waals surface area contributed by atoms with Crippen molar-refractivity contribution in [1.29, 1.82) is 0 Å². The molecule has 2 heterocycles. The minimum Gasteiger partial charge on any atom is -0.490 e. The van der Waals surface area contributed by atoms with Gasteiger partial charge in [-0.25, -0.2) is 0 Å². The maximum atomic E-state index is 10.2. The zero-order chi connectivity index (χ0) is 19.5. The van der Waals surface area contributed by atoms with Gasteiger partial charge in [0.05, 0.1) is 11.7 Å². The average Bonchev–Trinajstić information content (AvgIpc) is 3.32. The van der Waals surface area contributed by atoms with Crippen LogP contribution in [0.15, 0.2) is 58.3 Å². The van der Waals surface area contributed by atoms with Crippen LogP contribution >= 0.6 is 11.8 Å². The Morgan fingerprint density at radius 2 is 1.89 bits per heavy atom. The molecule has 0 aliphatic rings. The van der Waals surface area contributed by atoms with Crippen molar-refractivity contribution < 1.29 is 14.3 Å². The first-order valence-electron chi connectivity index (χ1n) is 9.01. The Kier molecular flexibility index (Phi) is 5.36. The molecule has 0 saturated heterocycles. The predicted octanol–water partition coefficient (Wildman–Crippen LogP) is 4.37. The van der Waals surface area contributed by atoms with Gasteiger partial charge in [-0.1, -0.05) is 48.2 Å². The fraction of sp³-hybridized carbons (Fsp3) is 0.238. The highest BCUT2D eigenvalue weighted by molar-refractivity contribution is 7.99. The summed E-state index contributed by atoms with van der Waals surface area (Å²) in [5.41, 5.74) is 4.00. The van der Waals surface area contributed by atoms with Gasteiger partial charge < -0.3 is 19.2 Å². The number of aryl methyl sites for hydroxylation is 2. The number of para-hydroxylation sites is 2. The number of ether oxygens (including phenoxy) is 1. The second kappa shape index (κ2) is 8.08. The quantitative estimate of drug-likeness (QED) is 0.452. The third-order valence-corrected chi connectivity index (χ3v) is 5.42. The van der Waals surface area contributed by atoms with Gasteiger partial charge >= 0.3 is 0 Å². The highest BCUT2D eigenvalue weighted by Crippen LogP contribution is 2.29. The van der Waals surface area contributed by atoms with E-state index in [0.717, 1.165) is 33.3 Å². The number of thioether (sulfide) groups is 1. The van der Waals surface area contributed by atoms with Gasteiger partial charge in [0.1, 0.15) is 12.4 Å². The fourth-order valence-electron chi connectivity index (χ4n) is 3.05. The van der Waals surface area contributed by atoms with Crippen LogP contribution in [0.1, 0.15) is 11.1 Å². The van der Waals surface area contributed by atoms with Gasteiger partial charge in [-0.05, 0) is 31.0 Å². The molecular formula is C21H21N3O3S. The smallest absolute Gasteiger partial charge is 0.276 e. The van der Waals surface area contributed by atoms with Gasteiger partial charge in [0, 0.05) is 22.9 Å². The van der Waals surface area contributed by atoms with Gasteiger partial charge in [-0.15, -0.1) is 10.2 Å². The Hall–Kier alpha value is -2.77. The molecule has 0 aliphatic heterocycles. The fourth-order valence-corrected chi connectivity index (χ4v) is 3.71. The van der Waals surface area contributed by atoms with E-state index in [9.17, 15) is 5.11 Å². The van der Waals surface area contributed by atoms with Crippen molar-refractivity contribution in [2.75, 3.05) is 12.4 Å². The molecule has 0 radical (unpaired) electrons. The Morgan fingerprint density at radius 3 is 2.71 bits per heavy atom. The van der Waals surface area contributed by atoms with Crippen LogP contribution < -0.4 is 4.74 Å². The number of nitrogens with one attached hydrogen (secondary N) is 1. The number of fused-ring (bicyclic) bond motifs is 1. The van der Waals surface area contributed by atoms with Crippen molar-refractivity contribution in [1.82, 2.24) is 15.2 Å². The first-order chi connectivity index (χ1) is 13.6. The molecular weight excluding hydrogens is 374 g/mol. The summed E-state index contributed by atoms with van der Waals surface area (Å²) in [4.78, 5) is 3.20. The third-order valence-electron chi connectivity index (χ3n) is 4.45. The summed E-state index contributed by atoms with van der Waals surface area (Å²) in [5.74, 6) is 1.69. The average molecular weight is 395 g/mol. The lowest BCUT2D eigenvalue weighted by molar-refractivity contribution is 0.125. The monoisotopic (exact) mass is 395 g/mol. The summed E-state index contributed by atoms with van der Waals surface area (Å²) in [7, 11) is 0. The topological polar surface area (TPSA) is 84.2 Å². The van der Waals surface area contributed by atoms with Crippen molar-refractivity contribution in [3.05, 3.63) is 59.8 Å². The van der Waals surface area contributed by atoms with Gasteiger partial charge in [-0.2, -0.15) is 0 Å². The van der Waals surface area contributed by atoms with Crippen LogP contribution in [0.2, 0.25) is 0 Å². The first kappa shape index (κ1) is 18.6. The van der Waals surface area contributed by atoms with Gasteiger partial charge in [-0.3, -0.25) is 0 Å².